The number of nitrogen functional groups attached to an aromatic ring is 1. The lowest BCUT2D eigenvalue weighted by Crippen LogP contribution is -2.42. The van der Waals surface area contributed by atoms with Crippen molar-refractivity contribution in [2.24, 2.45) is 0 Å². The molecular formula is C16H11N7O4S. The van der Waals surface area contributed by atoms with Crippen molar-refractivity contribution >= 4 is 35.1 Å². The van der Waals surface area contributed by atoms with Crippen LogP contribution in [0.25, 0.3) is 0 Å². The average Bonchev–Trinajstić information content (AvgIpc) is 2.70. The molecule has 0 bridgehead atoms. The topological polar surface area (TPSA) is 188 Å². The number of amides is 2. The maximum Gasteiger partial charge on any atom is 0.269 e. The molecular weight excluding hydrogens is 386 g/mol. The van der Waals surface area contributed by atoms with Gasteiger partial charge in [-0.1, -0.05) is 11.8 Å². The minimum atomic E-state index is -0.660. The molecule has 2 rings (SSSR count). The summed E-state index contributed by atoms with van der Waals surface area (Å²) in [6.45, 7) is 0. The summed E-state index contributed by atoms with van der Waals surface area (Å²) in [6.07, 6.45) is 0. The monoisotopic (exact) mass is 397 g/mol. The van der Waals surface area contributed by atoms with E-state index in [2.05, 4.69) is 15.8 Å². The van der Waals surface area contributed by atoms with Crippen molar-refractivity contribution in [3.8, 4) is 12.1 Å². The van der Waals surface area contributed by atoms with E-state index in [1.807, 2.05) is 12.1 Å². The molecule has 0 spiro atoms. The zero-order valence-electron chi connectivity index (χ0n) is 14.0. The van der Waals surface area contributed by atoms with Crippen LogP contribution in [0.2, 0.25) is 0 Å². The summed E-state index contributed by atoms with van der Waals surface area (Å²) in [6, 6.07) is 9.77. The number of rotatable bonds is 5. The van der Waals surface area contributed by atoms with Gasteiger partial charge in [0.2, 0.25) is 5.91 Å². The van der Waals surface area contributed by atoms with E-state index < -0.39 is 16.7 Å². The molecule has 0 aliphatic rings. The number of thioether (sulfide) groups is 1. The van der Waals surface area contributed by atoms with Crippen molar-refractivity contribution in [2.75, 3.05) is 11.5 Å². The average molecular weight is 397 g/mol. The number of nitrogens with one attached hydrogen (secondary N) is 2. The number of hydrogen-bond donors (Lipinski definition) is 3. The molecule has 0 fully saturated rings. The Morgan fingerprint density at radius 3 is 2.39 bits per heavy atom. The number of carbonyl (C=O) groups excluding carboxylic acids is 2. The predicted octanol–water partition coefficient (Wildman–Crippen LogP) is 0.869. The second-order valence-corrected chi connectivity index (χ2v) is 6.06. The number of hydrazine groups is 1. The molecule has 11 nitrogen and oxygen atoms in total. The zero-order valence-corrected chi connectivity index (χ0v) is 14.8. The molecule has 2 amide bonds. The largest absolute Gasteiger partial charge is 0.383 e. The van der Waals surface area contributed by atoms with Crippen LogP contribution in [0.3, 0.4) is 0 Å². The number of hydrogen-bond acceptors (Lipinski definition) is 9. The van der Waals surface area contributed by atoms with Gasteiger partial charge in [0.05, 0.1) is 21.8 Å². The molecule has 2 aromatic rings. The minimum absolute atomic E-state index is 0.0562. The fourth-order valence-electron chi connectivity index (χ4n) is 1.89. The highest BCUT2D eigenvalue weighted by Crippen LogP contribution is 2.23. The summed E-state index contributed by atoms with van der Waals surface area (Å²) in [5.41, 5.74) is 10.0. The number of nitrogens with two attached hydrogens (primary N) is 1. The van der Waals surface area contributed by atoms with Gasteiger partial charge in [0.15, 0.2) is 0 Å². The van der Waals surface area contributed by atoms with E-state index in [4.69, 9.17) is 16.3 Å². The Labute approximate surface area is 162 Å². The number of non-ortho nitro benzene ring substituents is 1. The smallest absolute Gasteiger partial charge is 0.269 e. The summed E-state index contributed by atoms with van der Waals surface area (Å²) in [4.78, 5) is 37.7. The Morgan fingerprint density at radius 2 is 1.82 bits per heavy atom. The summed E-state index contributed by atoms with van der Waals surface area (Å²) in [5.74, 6) is -1.50. The minimum Gasteiger partial charge on any atom is -0.383 e. The lowest BCUT2D eigenvalue weighted by Gasteiger charge is -2.08. The van der Waals surface area contributed by atoms with Crippen molar-refractivity contribution in [1.82, 2.24) is 15.8 Å². The van der Waals surface area contributed by atoms with Gasteiger partial charge in [0.25, 0.3) is 11.6 Å². The number of nitriles is 2. The van der Waals surface area contributed by atoms with Gasteiger partial charge in [-0.15, -0.1) is 0 Å². The number of nitro benzene ring substituents is 1. The molecule has 0 saturated carbocycles. The van der Waals surface area contributed by atoms with Gasteiger partial charge in [-0.05, 0) is 18.2 Å². The van der Waals surface area contributed by atoms with Crippen LogP contribution in [0.1, 0.15) is 21.5 Å². The number of carbonyl (C=O) groups is 2. The van der Waals surface area contributed by atoms with Gasteiger partial charge >= 0.3 is 0 Å². The molecule has 12 heteroatoms. The molecule has 0 atom stereocenters. The van der Waals surface area contributed by atoms with E-state index in [1.54, 1.807) is 0 Å². The maximum atomic E-state index is 11.9. The van der Waals surface area contributed by atoms with Crippen LogP contribution in [0.4, 0.5) is 11.5 Å². The number of anilines is 1. The van der Waals surface area contributed by atoms with Crippen LogP contribution in [-0.4, -0.2) is 27.5 Å². The van der Waals surface area contributed by atoms with E-state index >= 15 is 0 Å². The second-order valence-electron chi connectivity index (χ2n) is 5.09. The molecule has 4 N–H and O–H groups in total. The standard InChI is InChI=1S/C16H11N7O4S/c17-6-10-5-11(7-18)16(20-14(10)19)28-8-13(24)21-22-15(25)9-1-3-12(4-2-9)23(26)27/h1-5H,8H2,(H2,19,20)(H,21,24)(H,22,25). The summed E-state index contributed by atoms with van der Waals surface area (Å²) >= 11 is 0.904. The van der Waals surface area contributed by atoms with Gasteiger partial charge in [-0.2, -0.15) is 10.5 Å². The Bertz CT molecular complexity index is 1030. The van der Waals surface area contributed by atoms with E-state index in [0.717, 1.165) is 23.9 Å². The highest BCUT2D eigenvalue weighted by Gasteiger charge is 2.14. The van der Waals surface area contributed by atoms with Crippen LogP contribution in [0, 0.1) is 32.8 Å². The van der Waals surface area contributed by atoms with E-state index in [9.17, 15) is 19.7 Å². The Morgan fingerprint density at radius 1 is 1.18 bits per heavy atom. The van der Waals surface area contributed by atoms with Crippen LogP contribution in [0.15, 0.2) is 35.4 Å². The highest BCUT2D eigenvalue weighted by molar-refractivity contribution is 8.00. The normalized spacial score (nSPS) is 9.64. The molecule has 0 unspecified atom stereocenters. The van der Waals surface area contributed by atoms with Gasteiger partial charge in [0, 0.05) is 17.7 Å². The molecule has 140 valence electrons. The third-order valence-corrected chi connectivity index (χ3v) is 4.24. The second kappa shape index (κ2) is 8.98. The fourth-order valence-corrected chi connectivity index (χ4v) is 2.66. The number of aromatic nitrogens is 1. The number of nitro groups is 1. The van der Waals surface area contributed by atoms with Crippen molar-refractivity contribution in [3.63, 3.8) is 0 Å². The number of pyridine rings is 1. The van der Waals surface area contributed by atoms with Gasteiger partial charge < -0.3 is 5.73 Å². The van der Waals surface area contributed by atoms with Crippen molar-refractivity contribution < 1.29 is 14.5 Å². The van der Waals surface area contributed by atoms with Crippen molar-refractivity contribution in [2.45, 2.75) is 5.03 Å². The first kappa shape index (κ1) is 20.2. The molecule has 0 aliphatic heterocycles. The lowest BCUT2D eigenvalue weighted by molar-refractivity contribution is -0.384. The molecule has 1 aromatic heterocycles. The SMILES string of the molecule is N#Cc1cc(C#N)c(SCC(=O)NNC(=O)c2ccc([N+](=O)[O-])cc2)nc1N. The summed E-state index contributed by atoms with van der Waals surface area (Å²) in [5, 5.41) is 28.7. The molecule has 0 radical (unpaired) electrons. The van der Waals surface area contributed by atoms with Crippen molar-refractivity contribution in [3.05, 3.63) is 57.1 Å². The Hall–Kier alpha value is -4.16. The van der Waals surface area contributed by atoms with Crippen LogP contribution in [-0.2, 0) is 4.79 Å². The quantitative estimate of drug-likeness (QED) is 0.373. The first-order valence-electron chi connectivity index (χ1n) is 7.43. The van der Waals surface area contributed by atoms with Crippen molar-refractivity contribution in [1.29, 1.82) is 10.5 Å². The molecule has 0 aliphatic carbocycles. The molecule has 28 heavy (non-hydrogen) atoms. The van der Waals surface area contributed by atoms with Crippen LogP contribution < -0.4 is 16.6 Å². The third kappa shape index (κ3) is 4.94. The molecule has 1 heterocycles. The summed E-state index contributed by atoms with van der Waals surface area (Å²) in [7, 11) is 0. The molecule has 0 saturated heterocycles. The predicted molar refractivity (Wildman–Crippen MR) is 97.5 cm³/mol. The van der Waals surface area contributed by atoms with E-state index in [0.29, 0.717) is 0 Å². The number of benzene rings is 1. The number of nitrogens with zero attached hydrogens (tertiary/aromatic N) is 4. The first-order chi connectivity index (χ1) is 13.3. The van der Waals surface area contributed by atoms with Crippen LogP contribution in [0.5, 0.6) is 0 Å². The first-order valence-corrected chi connectivity index (χ1v) is 8.41. The third-order valence-electron chi connectivity index (χ3n) is 3.25. The maximum absolute atomic E-state index is 11.9. The summed E-state index contributed by atoms with van der Waals surface area (Å²) < 4.78 is 0. The highest BCUT2D eigenvalue weighted by atomic mass is 32.2. The van der Waals surface area contributed by atoms with E-state index in [1.165, 1.54) is 18.2 Å². The Kier molecular flexibility index (Phi) is 6.46. The van der Waals surface area contributed by atoms with E-state index in [-0.39, 0.29) is 39.0 Å². The lowest BCUT2D eigenvalue weighted by atomic mass is 10.2. The molecule has 1 aromatic carbocycles. The van der Waals surface area contributed by atoms with Crippen LogP contribution >= 0.6 is 11.8 Å². The fraction of sp³-hybridized carbons (Fsp3) is 0.0625. The van der Waals surface area contributed by atoms with Gasteiger partial charge in [0.1, 0.15) is 23.0 Å². The van der Waals surface area contributed by atoms with Gasteiger partial charge in [-0.3, -0.25) is 30.6 Å². The zero-order chi connectivity index (χ0) is 20.7. The Balaban J connectivity index is 1.92. The van der Waals surface area contributed by atoms with Gasteiger partial charge in [-0.25, -0.2) is 4.98 Å².